The van der Waals surface area contributed by atoms with Crippen molar-refractivity contribution in [3.8, 4) is 23.6 Å². The van der Waals surface area contributed by atoms with Crippen molar-refractivity contribution in [3.05, 3.63) is 86.5 Å². The van der Waals surface area contributed by atoms with E-state index in [0.29, 0.717) is 62.9 Å². The van der Waals surface area contributed by atoms with Crippen LogP contribution in [0.3, 0.4) is 0 Å². The molecule has 2 saturated heterocycles. The highest BCUT2D eigenvalue weighted by atomic mass is 79.9. The largest absolute Gasteiger partial charge is 0.556 e. The Morgan fingerprint density at radius 3 is 2.00 bits per heavy atom. The molecule has 2 fully saturated rings. The summed E-state index contributed by atoms with van der Waals surface area (Å²) >= 11 is 3.46. The number of hydrogen-bond donors (Lipinski definition) is 8. The molecule has 3 aromatic rings. The highest BCUT2D eigenvalue weighted by Crippen LogP contribution is 2.40. The van der Waals surface area contributed by atoms with E-state index >= 15 is 0 Å². The molecule has 5 heterocycles. The van der Waals surface area contributed by atoms with Gasteiger partial charge in [0.25, 0.3) is 11.8 Å². The van der Waals surface area contributed by atoms with Gasteiger partial charge < -0.3 is 56.7 Å². The molecule has 4 atom stereocenters. The summed E-state index contributed by atoms with van der Waals surface area (Å²) < 4.78 is 24.6. The molecule has 2 aromatic carbocycles. The fourth-order valence-electron chi connectivity index (χ4n) is 8.06. The summed E-state index contributed by atoms with van der Waals surface area (Å²) in [4.78, 5) is 23.0. The van der Waals surface area contributed by atoms with Gasteiger partial charge in [0, 0.05) is 46.9 Å². The molecule has 2 amide bonds. The Bertz CT molecular complexity index is 2410. The first-order valence-corrected chi connectivity index (χ1v) is 22.3. The van der Waals surface area contributed by atoms with E-state index in [2.05, 4.69) is 56.8 Å². The fraction of sp³-hybridized carbons (Fsp3) is 0.409. The lowest BCUT2D eigenvalue weighted by Crippen LogP contribution is -2.41. The highest BCUT2D eigenvalue weighted by molar-refractivity contribution is 9.10. The zero-order valence-corrected chi connectivity index (χ0v) is 38.5. The minimum absolute atomic E-state index is 0.104. The van der Waals surface area contributed by atoms with Crippen molar-refractivity contribution >= 4 is 70.5 Å². The summed E-state index contributed by atoms with van der Waals surface area (Å²) in [5.74, 6) is -0.565. The number of primary amides is 2. The second-order valence-corrected chi connectivity index (χ2v) is 16.4. The number of rotatable bonds is 12. The van der Waals surface area contributed by atoms with Crippen LogP contribution < -0.4 is 37.1 Å². The standard InChI is InChI=1S/C22H26BN5O4.C12H14BBrO2.C10H15N5O2/c1-3-15-16-9-14(5-6-20(16)32-23(30)18(15)4-2)26-22-17(21(25)29)11-28(27-22)19-12-31-8-7-13(19)10-24;1-3-9-10-7-8(14)5-6-12(10)16-13(15)11(9)4-2;11-3-6-1-2-17-5-8(6)15-4-7(9(12)13)10(14)16/h5-6,9,11,13,19,30H,3-4,7-8,12H2,1-2H3,(H2,25,29)(H,26,27);5-7,15H,3-4H2,1-2H3;4,6,8,15H,1-2,5H2,(H3,12,13)(H2,14,16)/b;;7-4+/t13-,19?;;6-,8?/m1.0/s1. The van der Waals surface area contributed by atoms with E-state index in [1.807, 2.05) is 39.0 Å². The molecule has 0 radical (unpaired) electrons. The number of carbonyl (C=O) groups excluding carboxylic acids is 2. The third kappa shape index (κ3) is 12.0. The van der Waals surface area contributed by atoms with Crippen LogP contribution in [0.5, 0.6) is 11.5 Å². The number of amidine groups is 1. The summed E-state index contributed by atoms with van der Waals surface area (Å²) in [6.45, 7) is 9.98. The molecule has 0 spiro atoms. The quantitative estimate of drug-likeness (QED) is 0.0510. The molecule has 18 nitrogen and oxygen atoms in total. The van der Waals surface area contributed by atoms with E-state index in [1.54, 1.807) is 23.0 Å². The maximum atomic E-state index is 12.1. The molecule has 342 valence electrons. The van der Waals surface area contributed by atoms with Gasteiger partial charge in [0.05, 0.1) is 54.8 Å². The minimum atomic E-state index is -0.941. The number of ether oxygens (including phenoxy) is 2. The highest BCUT2D eigenvalue weighted by Gasteiger charge is 2.33. The number of nitriles is 2. The molecule has 0 aliphatic carbocycles. The summed E-state index contributed by atoms with van der Waals surface area (Å²) in [6.07, 6.45) is 7.24. The Morgan fingerprint density at radius 1 is 0.892 bits per heavy atom. The lowest BCUT2D eigenvalue weighted by atomic mass is 9.70. The van der Waals surface area contributed by atoms with Gasteiger partial charge in [-0.3, -0.25) is 19.7 Å². The van der Waals surface area contributed by atoms with Crippen LogP contribution in [0.15, 0.2) is 69.8 Å². The van der Waals surface area contributed by atoms with Crippen LogP contribution in [0.25, 0.3) is 11.1 Å². The first-order chi connectivity index (χ1) is 31.2. The summed E-state index contributed by atoms with van der Waals surface area (Å²) in [6, 6.07) is 15.3. The number of aromatic nitrogens is 2. The second kappa shape index (κ2) is 23.2. The number of amides is 2. The van der Waals surface area contributed by atoms with Crippen molar-refractivity contribution in [2.75, 3.05) is 31.7 Å². The number of carbonyl (C=O) groups is 2. The normalized spacial score (nSPS) is 20.2. The Hall–Kier alpha value is -6.09. The van der Waals surface area contributed by atoms with Crippen molar-refractivity contribution in [2.24, 2.45) is 29.0 Å². The Kier molecular flexibility index (Phi) is 17.8. The number of nitrogens with zero attached hydrogens (tertiary/aromatic N) is 4. The third-order valence-corrected chi connectivity index (χ3v) is 12.0. The van der Waals surface area contributed by atoms with Gasteiger partial charge in [-0.1, -0.05) is 43.6 Å². The SMILES string of the molecule is CCC1=C(CC)c2cc(Br)ccc2OB1O.CCC1=C(CC)c2cc(Nc3nn(C4COCC[C@@H]4C#N)cc3C(N)=O)ccc2OB1O.N#C[C@@H]1CCOCC1N/C=C(\C(=N)N)C(N)=O. The van der Waals surface area contributed by atoms with E-state index in [-0.39, 0.29) is 35.1 Å². The number of halogens is 1. The van der Waals surface area contributed by atoms with Gasteiger partial charge in [-0.25, -0.2) is 0 Å². The maximum absolute atomic E-state index is 12.1. The fourth-order valence-corrected chi connectivity index (χ4v) is 8.42. The number of allylic oxidation sites excluding steroid dienone is 4. The number of nitrogens with two attached hydrogens (primary N) is 3. The summed E-state index contributed by atoms with van der Waals surface area (Å²) in [7, 11) is -1.72. The second-order valence-electron chi connectivity index (χ2n) is 15.4. The van der Waals surface area contributed by atoms with Crippen LogP contribution in [0.2, 0.25) is 0 Å². The molecule has 4 aliphatic rings. The molecule has 2 unspecified atom stereocenters. The molecule has 0 bridgehead atoms. The lowest BCUT2D eigenvalue weighted by molar-refractivity contribution is -0.114. The van der Waals surface area contributed by atoms with Crippen molar-refractivity contribution in [1.82, 2.24) is 15.1 Å². The van der Waals surface area contributed by atoms with Crippen LogP contribution in [-0.4, -0.2) is 84.2 Å². The zero-order chi connectivity index (χ0) is 47.4. The van der Waals surface area contributed by atoms with Crippen LogP contribution >= 0.6 is 15.9 Å². The van der Waals surface area contributed by atoms with E-state index < -0.39 is 31.9 Å². The van der Waals surface area contributed by atoms with E-state index in [1.165, 1.54) is 11.8 Å². The van der Waals surface area contributed by atoms with Crippen LogP contribution in [0.1, 0.15) is 93.7 Å². The van der Waals surface area contributed by atoms with Crippen molar-refractivity contribution in [2.45, 2.75) is 78.3 Å². The van der Waals surface area contributed by atoms with Gasteiger partial charge in [0.2, 0.25) is 0 Å². The molecule has 1 aromatic heterocycles. The Labute approximate surface area is 387 Å². The number of fused-ring (bicyclic) bond motifs is 2. The average Bonchev–Trinajstić information content (AvgIpc) is 3.72. The van der Waals surface area contributed by atoms with E-state index in [9.17, 15) is 24.9 Å². The molecule has 0 saturated carbocycles. The van der Waals surface area contributed by atoms with Gasteiger partial charge in [-0.05, 0) is 97.0 Å². The predicted molar refractivity (Wildman–Crippen MR) is 251 cm³/mol. The zero-order valence-electron chi connectivity index (χ0n) is 36.9. The third-order valence-electron chi connectivity index (χ3n) is 11.5. The van der Waals surface area contributed by atoms with Crippen molar-refractivity contribution in [3.63, 3.8) is 0 Å². The van der Waals surface area contributed by atoms with Gasteiger partial charge in [0.15, 0.2) is 5.82 Å². The molecule has 11 N–H and O–H groups in total. The number of nitrogens with one attached hydrogen (secondary N) is 3. The molecule has 7 rings (SSSR count). The van der Waals surface area contributed by atoms with Gasteiger partial charge in [-0.2, -0.15) is 15.6 Å². The first-order valence-electron chi connectivity index (χ1n) is 21.5. The van der Waals surface area contributed by atoms with Crippen LogP contribution in [0, 0.1) is 39.9 Å². The lowest BCUT2D eigenvalue weighted by Gasteiger charge is -2.27. The van der Waals surface area contributed by atoms with Gasteiger partial charge in [-0.15, -0.1) is 0 Å². The minimum Gasteiger partial charge on any atom is -0.532 e. The molecule has 4 aliphatic heterocycles. The van der Waals surface area contributed by atoms with Gasteiger partial charge in [0.1, 0.15) is 22.9 Å². The van der Waals surface area contributed by atoms with E-state index in [4.69, 9.17) is 46.7 Å². The molecular weight excluding hydrogens is 898 g/mol. The average molecular weight is 954 g/mol. The molecule has 21 heteroatoms. The Morgan fingerprint density at radius 2 is 1.46 bits per heavy atom. The molecular formula is C44H55B2BrN10O8. The first kappa shape index (κ1) is 49.9. The van der Waals surface area contributed by atoms with Crippen LogP contribution in [0.4, 0.5) is 11.5 Å². The predicted octanol–water partition coefficient (Wildman–Crippen LogP) is 5.06. The topological polar surface area (TPSA) is 303 Å². The number of anilines is 2. The monoisotopic (exact) mass is 952 g/mol. The maximum Gasteiger partial charge on any atom is 0.556 e. The number of hydrogen-bond acceptors (Lipinski definition) is 14. The smallest absolute Gasteiger partial charge is 0.532 e. The molecule has 65 heavy (non-hydrogen) atoms. The number of benzene rings is 2. The van der Waals surface area contributed by atoms with Gasteiger partial charge >= 0.3 is 14.2 Å². The summed E-state index contributed by atoms with van der Waals surface area (Å²) in [5.41, 5.74) is 22.8. The van der Waals surface area contributed by atoms with E-state index in [0.717, 1.165) is 57.1 Å². The Balaban J connectivity index is 0.000000203. The van der Waals surface area contributed by atoms with Crippen LogP contribution in [-0.2, 0) is 14.3 Å². The summed E-state index contributed by atoms with van der Waals surface area (Å²) in [5, 5.41) is 56.3. The van der Waals surface area contributed by atoms with Crippen molar-refractivity contribution in [1.29, 1.82) is 15.9 Å². The van der Waals surface area contributed by atoms with Crippen molar-refractivity contribution < 1.29 is 38.4 Å².